The zero-order valence-electron chi connectivity index (χ0n) is 13.8. The maximum Gasteiger partial charge on any atom is 0.416 e. The van der Waals surface area contributed by atoms with Crippen LogP contribution in [-0.2, 0) is 15.7 Å². The second-order valence-corrected chi connectivity index (χ2v) is 6.04. The number of ether oxygens (including phenoxy) is 1. The van der Waals surface area contributed by atoms with Crippen molar-refractivity contribution in [1.29, 1.82) is 0 Å². The average molecular weight is 345 g/mol. The van der Waals surface area contributed by atoms with Crippen LogP contribution >= 0.6 is 0 Å². The van der Waals surface area contributed by atoms with E-state index in [2.05, 4.69) is 4.98 Å². The third-order valence-electron chi connectivity index (χ3n) is 4.23. The minimum atomic E-state index is -4.37. The summed E-state index contributed by atoms with van der Waals surface area (Å²) in [6.07, 6.45) is -1.55. The number of amides is 1. The molecule has 0 aromatic carbocycles. The molecule has 2 rings (SSSR count). The first-order valence-electron chi connectivity index (χ1n) is 7.82. The van der Waals surface area contributed by atoms with E-state index in [4.69, 9.17) is 4.74 Å². The fourth-order valence-corrected chi connectivity index (χ4v) is 2.86. The van der Waals surface area contributed by atoms with Gasteiger partial charge in [0.1, 0.15) is 12.4 Å². The monoisotopic (exact) mass is 345 g/mol. The number of piperidine rings is 1. The summed E-state index contributed by atoms with van der Waals surface area (Å²) in [5.74, 6) is 0.601. The van der Waals surface area contributed by atoms with Crippen LogP contribution in [0, 0.1) is 5.92 Å². The molecule has 24 heavy (non-hydrogen) atoms. The van der Waals surface area contributed by atoms with E-state index >= 15 is 0 Å². The normalized spacial score (nSPS) is 16.3. The number of halogens is 3. The van der Waals surface area contributed by atoms with E-state index in [9.17, 15) is 18.0 Å². The van der Waals surface area contributed by atoms with E-state index in [0.717, 1.165) is 25.0 Å². The van der Waals surface area contributed by atoms with Gasteiger partial charge in [-0.1, -0.05) is 0 Å². The predicted octanol–water partition coefficient (Wildman–Crippen LogP) is 2.42. The second kappa shape index (κ2) is 7.83. The molecule has 134 valence electrons. The molecule has 0 spiro atoms. The summed E-state index contributed by atoms with van der Waals surface area (Å²) in [6, 6.07) is 2.04. The Hall–Kier alpha value is -1.83. The molecule has 1 aromatic rings. The Kier molecular flexibility index (Phi) is 6.04. The van der Waals surface area contributed by atoms with Gasteiger partial charge in [-0.25, -0.2) is 4.98 Å². The summed E-state index contributed by atoms with van der Waals surface area (Å²) in [7, 11) is 3.23. The van der Waals surface area contributed by atoms with Gasteiger partial charge in [-0.05, 0) is 30.9 Å². The standard InChI is InChI=1S/C16H22F3N3O2/c1-21(14-9-13(3-6-20-14)16(17,18)19)10-12-4-7-22(8-5-12)15(23)11-24-2/h3,6,9,12H,4-5,7-8,10-11H2,1-2H3. The Balaban J connectivity index is 1.90. The zero-order valence-corrected chi connectivity index (χ0v) is 13.8. The summed E-state index contributed by atoms with van der Waals surface area (Å²) in [4.78, 5) is 19.3. The number of carbonyl (C=O) groups is 1. The van der Waals surface area contributed by atoms with Crippen LogP contribution in [-0.4, -0.2) is 56.2 Å². The molecule has 0 N–H and O–H groups in total. The Morgan fingerprint density at radius 2 is 2.08 bits per heavy atom. The summed E-state index contributed by atoms with van der Waals surface area (Å²) < 4.78 is 43.2. The molecule has 1 fully saturated rings. The lowest BCUT2D eigenvalue weighted by Crippen LogP contribution is -2.42. The topological polar surface area (TPSA) is 45.7 Å². The first-order valence-corrected chi connectivity index (χ1v) is 7.82. The van der Waals surface area contributed by atoms with Crippen molar-refractivity contribution in [1.82, 2.24) is 9.88 Å². The Bertz CT molecular complexity index is 558. The van der Waals surface area contributed by atoms with Gasteiger partial charge in [-0.3, -0.25) is 4.79 Å². The average Bonchev–Trinajstić information content (AvgIpc) is 2.55. The van der Waals surface area contributed by atoms with Crippen LogP contribution in [0.3, 0.4) is 0 Å². The number of pyridine rings is 1. The molecule has 0 unspecified atom stereocenters. The van der Waals surface area contributed by atoms with Crippen molar-refractivity contribution in [2.24, 2.45) is 5.92 Å². The fourth-order valence-electron chi connectivity index (χ4n) is 2.86. The van der Waals surface area contributed by atoms with Crippen LogP contribution in [0.15, 0.2) is 18.3 Å². The highest BCUT2D eigenvalue weighted by Gasteiger charge is 2.31. The van der Waals surface area contributed by atoms with Crippen LogP contribution in [0.1, 0.15) is 18.4 Å². The Labute approximate surface area is 139 Å². The van der Waals surface area contributed by atoms with Crippen molar-refractivity contribution in [2.75, 3.05) is 45.3 Å². The molecule has 0 atom stereocenters. The molecule has 0 radical (unpaired) electrons. The molecule has 0 aliphatic carbocycles. The van der Waals surface area contributed by atoms with E-state index in [-0.39, 0.29) is 12.5 Å². The van der Waals surface area contributed by atoms with Gasteiger partial charge in [0.05, 0.1) is 5.56 Å². The van der Waals surface area contributed by atoms with Gasteiger partial charge in [0.25, 0.3) is 0 Å². The molecule has 1 amide bonds. The van der Waals surface area contributed by atoms with Crippen LogP contribution in [0.25, 0.3) is 0 Å². The molecule has 1 aromatic heterocycles. The van der Waals surface area contributed by atoms with Crippen LogP contribution < -0.4 is 4.90 Å². The molecule has 1 saturated heterocycles. The Morgan fingerprint density at radius 1 is 1.42 bits per heavy atom. The van der Waals surface area contributed by atoms with Gasteiger partial charge in [0.2, 0.25) is 5.91 Å². The third-order valence-corrected chi connectivity index (χ3v) is 4.23. The molecule has 8 heteroatoms. The predicted molar refractivity (Wildman–Crippen MR) is 83.7 cm³/mol. The van der Waals surface area contributed by atoms with E-state index < -0.39 is 11.7 Å². The smallest absolute Gasteiger partial charge is 0.375 e. The van der Waals surface area contributed by atoms with Crippen molar-refractivity contribution in [3.05, 3.63) is 23.9 Å². The molecular formula is C16H22F3N3O2. The van der Waals surface area contributed by atoms with Crippen LogP contribution in [0.2, 0.25) is 0 Å². The maximum atomic E-state index is 12.8. The van der Waals surface area contributed by atoms with Crippen LogP contribution in [0.4, 0.5) is 19.0 Å². The third kappa shape index (κ3) is 4.83. The van der Waals surface area contributed by atoms with Crippen molar-refractivity contribution in [2.45, 2.75) is 19.0 Å². The quantitative estimate of drug-likeness (QED) is 0.822. The van der Waals surface area contributed by atoms with E-state index in [1.54, 1.807) is 16.8 Å². The lowest BCUT2D eigenvalue weighted by atomic mass is 9.96. The van der Waals surface area contributed by atoms with Gasteiger partial charge in [-0.15, -0.1) is 0 Å². The fraction of sp³-hybridized carbons (Fsp3) is 0.625. The maximum absolute atomic E-state index is 12.8. The molecular weight excluding hydrogens is 323 g/mol. The molecule has 0 saturated carbocycles. The lowest BCUT2D eigenvalue weighted by molar-refractivity contribution is -0.138. The lowest BCUT2D eigenvalue weighted by Gasteiger charge is -2.34. The first kappa shape index (κ1) is 18.5. The van der Waals surface area contributed by atoms with Gasteiger partial charge in [0, 0.05) is 40.0 Å². The highest BCUT2D eigenvalue weighted by molar-refractivity contribution is 5.77. The van der Waals surface area contributed by atoms with E-state index in [1.807, 2.05) is 0 Å². The summed E-state index contributed by atoms with van der Waals surface area (Å²) in [6.45, 7) is 1.99. The van der Waals surface area contributed by atoms with Gasteiger partial charge in [-0.2, -0.15) is 13.2 Å². The highest BCUT2D eigenvalue weighted by Crippen LogP contribution is 2.31. The molecule has 2 heterocycles. The van der Waals surface area contributed by atoms with Gasteiger partial charge < -0.3 is 14.5 Å². The second-order valence-electron chi connectivity index (χ2n) is 6.04. The van der Waals surface area contributed by atoms with Crippen molar-refractivity contribution < 1.29 is 22.7 Å². The van der Waals surface area contributed by atoms with Crippen molar-refractivity contribution in [3.8, 4) is 0 Å². The van der Waals surface area contributed by atoms with Gasteiger partial charge in [0.15, 0.2) is 0 Å². The molecule has 5 nitrogen and oxygen atoms in total. The van der Waals surface area contributed by atoms with Crippen molar-refractivity contribution in [3.63, 3.8) is 0 Å². The van der Waals surface area contributed by atoms with Crippen LogP contribution in [0.5, 0.6) is 0 Å². The van der Waals surface area contributed by atoms with E-state index in [1.165, 1.54) is 13.3 Å². The number of aromatic nitrogens is 1. The largest absolute Gasteiger partial charge is 0.416 e. The molecule has 0 bridgehead atoms. The molecule has 1 aliphatic rings. The SMILES string of the molecule is COCC(=O)N1CCC(CN(C)c2cc(C(F)(F)F)ccn2)CC1. The number of hydrogen-bond acceptors (Lipinski definition) is 4. The minimum absolute atomic E-state index is 0.0242. The number of methoxy groups -OCH3 is 1. The molecule has 1 aliphatic heterocycles. The number of anilines is 1. The summed E-state index contributed by atoms with van der Waals surface area (Å²) in [5, 5.41) is 0. The van der Waals surface area contributed by atoms with Gasteiger partial charge >= 0.3 is 6.18 Å². The number of nitrogens with zero attached hydrogens (tertiary/aromatic N) is 3. The Morgan fingerprint density at radius 3 is 2.67 bits per heavy atom. The number of hydrogen-bond donors (Lipinski definition) is 0. The number of rotatable bonds is 5. The number of carbonyl (C=O) groups excluding carboxylic acids is 1. The first-order chi connectivity index (χ1) is 11.3. The minimum Gasteiger partial charge on any atom is -0.375 e. The number of likely N-dealkylation sites (tertiary alicyclic amines) is 1. The zero-order chi connectivity index (χ0) is 17.7. The van der Waals surface area contributed by atoms with Crippen molar-refractivity contribution >= 4 is 11.7 Å². The highest BCUT2D eigenvalue weighted by atomic mass is 19.4. The van der Waals surface area contributed by atoms with E-state index in [0.29, 0.717) is 31.4 Å². The number of alkyl halides is 3. The summed E-state index contributed by atoms with van der Waals surface area (Å²) in [5.41, 5.74) is -0.695. The summed E-state index contributed by atoms with van der Waals surface area (Å²) >= 11 is 0.